The summed E-state index contributed by atoms with van der Waals surface area (Å²) in [5.41, 5.74) is 2.16. The fourth-order valence-electron chi connectivity index (χ4n) is 1.73. The number of hydrogen-bond acceptors (Lipinski definition) is 2. The lowest BCUT2D eigenvalue weighted by Gasteiger charge is -2.10. The van der Waals surface area contributed by atoms with Gasteiger partial charge in [0.05, 0.1) is 0 Å². The van der Waals surface area contributed by atoms with Crippen molar-refractivity contribution in [2.45, 2.75) is 27.2 Å². The van der Waals surface area contributed by atoms with E-state index in [0.717, 1.165) is 18.1 Å². The molecule has 0 unspecified atom stereocenters. The van der Waals surface area contributed by atoms with Crippen LogP contribution in [0.1, 0.15) is 41.8 Å². The first-order valence-electron chi connectivity index (χ1n) is 6.70. The second-order valence-corrected chi connectivity index (χ2v) is 5.18. The average Bonchev–Trinajstić information content (AvgIpc) is 2.37. The second kappa shape index (κ2) is 7.48. The molecule has 0 atom stereocenters. The maximum absolute atomic E-state index is 12.1. The van der Waals surface area contributed by atoms with Crippen LogP contribution in [0, 0.1) is 12.8 Å². The number of hydrogen-bond donors (Lipinski definition) is 2. The number of carboxylic acids is 1. The summed E-state index contributed by atoms with van der Waals surface area (Å²) in [6.45, 7) is 6.72. The largest absolute Gasteiger partial charge is 0.478 e. The number of amides is 1. The van der Waals surface area contributed by atoms with Gasteiger partial charge < -0.3 is 10.4 Å². The van der Waals surface area contributed by atoms with Crippen LogP contribution >= 0.6 is 0 Å². The van der Waals surface area contributed by atoms with Crippen molar-refractivity contribution in [3.05, 3.63) is 41.0 Å². The van der Waals surface area contributed by atoms with E-state index in [1.54, 1.807) is 12.1 Å². The monoisotopic (exact) mass is 275 g/mol. The van der Waals surface area contributed by atoms with Crippen LogP contribution in [-0.2, 0) is 4.79 Å². The zero-order valence-corrected chi connectivity index (χ0v) is 12.1. The molecular weight excluding hydrogens is 254 g/mol. The van der Waals surface area contributed by atoms with E-state index in [0.29, 0.717) is 23.6 Å². The van der Waals surface area contributed by atoms with Crippen LogP contribution in [0.15, 0.2) is 24.3 Å². The van der Waals surface area contributed by atoms with Gasteiger partial charge in [-0.25, -0.2) is 4.79 Å². The van der Waals surface area contributed by atoms with Gasteiger partial charge in [-0.15, -0.1) is 0 Å². The number of carbonyl (C=O) groups excluding carboxylic acids is 1. The SMILES string of the molecule is Cc1ccc(C=CC(=O)O)cc1C(=O)NCCC(C)C. The fourth-order valence-corrected chi connectivity index (χ4v) is 1.73. The molecule has 0 fully saturated rings. The lowest BCUT2D eigenvalue weighted by atomic mass is 10.0. The molecule has 1 rings (SSSR count). The summed E-state index contributed by atoms with van der Waals surface area (Å²) in [5, 5.41) is 11.5. The minimum atomic E-state index is -1.01. The van der Waals surface area contributed by atoms with Gasteiger partial charge in [0, 0.05) is 18.2 Å². The Morgan fingerprint density at radius 3 is 2.65 bits per heavy atom. The van der Waals surface area contributed by atoms with Gasteiger partial charge in [-0.1, -0.05) is 26.0 Å². The molecule has 0 aromatic heterocycles. The molecule has 2 N–H and O–H groups in total. The highest BCUT2D eigenvalue weighted by Gasteiger charge is 2.09. The van der Waals surface area contributed by atoms with Gasteiger partial charge in [0.25, 0.3) is 5.91 Å². The highest BCUT2D eigenvalue weighted by atomic mass is 16.4. The molecule has 0 aliphatic rings. The topological polar surface area (TPSA) is 66.4 Å². The number of nitrogens with one attached hydrogen (secondary N) is 1. The van der Waals surface area contributed by atoms with E-state index in [-0.39, 0.29) is 5.91 Å². The Hall–Kier alpha value is -2.10. The summed E-state index contributed by atoms with van der Waals surface area (Å²) in [6.07, 6.45) is 3.47. The van der Waals surface area contributed by atoms with Gasteiger partial charge in [-0.3, -0.25) is 4.79 Å². The first-order valence-corrected chi connectivity index (χ1v) is 6.70. The third kappa shape index (κ3) is 5.26. The van der Waals surface area contributed by atoms with Gasteiger partial charge in [0.1, 0.15) is 0 Å². The zero-order chi connectivity index (χ0) is 15.1. The van der Waals surface area contributed by atoms with Crippen molar-refractivity contribution in [1.82, 2.24) is 5.32 Å². The molecule has 4 heteroatoms. The van der Waals surface area contributed by atoms with E-state index in [2.05, 4.69) is 19.2 Å². The van der Waals surface area contributed by atoms with E-state index in [1.165, 1.54) is 6.08 Å². The number of rotatable bonds is 6. The van der Waals surface area contributed by atoms with Crippen LogP contribution in [0.2, 0.25) is 0 Å². The Morgan fingerprint density at radius 2 is 2.05 bits per heavy atom. The molecule has 0 bridgehead atoms. The van der Waals surface area contributed by atoms with E-state index in [9.17, 15) is 9.59 Å². The summed E-state index contributed by atoms with van der Waals surface area (Å²) < 4.78 is 0. The highest BCUT2D eigenvalue weighted by Crippen LogP contribution is 2.13. The van der Waals surface area contributed by atoms with Crippen molar-refractivity contribution in [3.8, 4) is 0 Å². The van der Waals surface area contributed by atoms with Crippen molar-refractivity contribution in [1.29, 1.82) is 0 Å². The average molecular weight is 275 g/mol. The molecule has 4 nitrogen and oxygen atoms in total. The third-order valence-corrected chi connectivity index (χ3v) is 2.93. The molecule has 0 saturated heterocycles. The Kier molecular flexibility index (Phi) is 5.97. The number of carbonyl (C=O) groups is 2. The molecule has 0 saturated carbocycles. The smallest absolute Gasteiger partial charge is 0.328 e. The van der Waals surface area contributed by atoms with Gasteiger partial charge in [-0.2, -0.15) is 0 Å². The maximum Gasteiger partial charge on any atom is 0.328 e. The molecule has 108 valence electrons. The Labute approximate surface area is 119 Å². The van der Waals surface area contributed by atoms with E-state index in [1.807, 2.05) is 13.0 Å². The lowest BCUT2D eigenvalue weighted by molar-refractivity contribution is -0.131. The standard InChI is InChI=1S/C16H21NO3/c1-11(2)8-9-17-16(20)14-10-13(5-4-12(14)3)6-7-15(18)19/h4-7,10-11H,8-9H2,1-3H3,(H,17,20)(H,18,19). The fraction of sp³-hybridized carbons (Fsp3) is 0.375. The quantitative estimate of drug-likeness (QED) is 0.784. The number of aliphatic carboxylic acids is 1. The second-order valence-electron chi connectivity index (χ2n) is 5.18. The Bertz CT molecular complexity index is 518. The molecule has 1 aromatic rings. The van der Waals surface area contributed by atoms with Crippen molar-refractivity contribution in [2.24, 2.45) is 5.92 Å². The number of carboxylic acid groups (broad SMARTS) is 1. The van der Waals surface area contributed by atoms with Gasteiger partial charge in [0.15, 0.2) is 0 Å². The summed E-state index contributed by atoms with van der Waals surface area (Å²) >= 11 is 0. The van der Waals surface area contributed by atoms with Gasteiger partial charge >= 0.3 is 5.97 Å². The molecule has 1 amide bonds. The lowest BCUT2D eigenvalue weighted by Crippen LogP contribution is -2.26. The molecule has 0 spiro atoms. The van der Waals surface area contributed by atoms with Crippen LogP contribution in [-0.4, -0.2) is 23.5 Å². The minimum Gasteiger partial charge on any atom is -0.478 e. The van der Waals surface area contributed by atoms with Crippen LogP contribution in [0.3, 0.4) is 0 Å². The van der Waals surface area contributed by atoms with E-state index in [4.69, 9.17) is 5.11 Å². The molecule has 1 aromatic carbocycles. The van der Waals surface area contributed by atoms with Crippen LogP contribution in [0.5, 0.6) is 0 Å². The minimum absolute atomic E-state index is 0.117. The highest BCUT2D eigenvalue weighted by molar-refractivity contribution is 5.96. The summed E-state index contributed by atoms with van der Waals surface area (Å²) in [5.74, 6) is -0.580. The van der Waals surface area contributed by atoms with Crippen molar-refractivity contribution in [3.63, 3.8) is 0 Å². The molecule has 0 heterocycles. The van der Waals surface area contributed by atoms with Crippen LogP contribution < -0.4 is 5.32 Å². The van der Waals surface area contributed by atoms with Gasteiger partial charge in [-0.05, 0) is 42.5 Å². The Morgan fingerprint density at radius 1 is 1.35 bits per heavy atom. The molecule has 0 aliphatic heterocycles. The molecular formula is C16H21NO3. The van der Waals surface area contributed by atoms with Crippen molar-refractivity contribution in [2.75, 3.05) is 6.54 Å². The van der Waals surface area contributed by atoms with Crippen LogP contribution in [0.4, 0.5) is 0 Å². The first-order chi connectivity index (χ1) is 9.40. The van der Waals surface area contributed by atoms with Crippen molar-refractivity contribution < 1.29 is 14.7 Å². The van der Waals surface area contributed by atoms with Gasteiger partial charge in [0.2, 0.25) is 0 Å². The Balaban J connectivity index is 2.80. The first kappa shape index (κ1) is 16.0. The molecule has 20 heavy (non-hydrogen) atoms. The van der Waals surface area contributed by atoms with Crippen LogP contribution in [0.25, 0.3) is 6.08 Å². The summed E-state index contributed by atoms with van der Waals surface area (Å²) in [4.78, 5) is 22.6. The normalized spacial score (nSPS) is 11.0. The summed E-state index contributed by atoms with van der Waals surface area (Å²) in [7, 11) is 0. The predicted octanol–water partition coefficient (Wildman–Crippen LogP) is 2.87. The van der Waals surface area contributed by atoms with E-state index < -0.39 is 5.97 Å². The third-order valence-electron chi connectivity index (χ3n) is 2.93. The number of benzene rings is 1. The maximum atomic E-state index is 12.1. The summed E-state index contributed by atoms with van der Waals surface area (Å²) in [6, 6.07) is 5.32. The van der Waals surface area contributed by atoms with E-state index >= 15 is 0 Å². The van der Waals surface area contributed by atoms with Crippen molar-refractivity contribution >= 4 is 18.0 Å². The predicted molar refractivity (Wildman–Crippen MR) is 79.6 cm³/mol. The zero-order valence-electron chi connectivity index (χ0n) is 12.1. The molecule has 0 radical (unpaired) electrons. The molecule has 0 aliphatic carbocycles. The number of aryl methyl sites for hydroxylation is 1.